The first-order valence-electron chi connectivity index (χ1n) is 9.08. The Hall–Kier alpha value is -3.00. The minimum atomic E-state index is -0.422. The molecule has 1 N–H and O–H groups in total. The molecule has 0 bridgehead atoms. The minimum Gasteiger partial charge on any atom is -0.458 e. The fourth-order valence-corrected chi connectivity index (χ4v) is 4.35. The van der Waals surface area contributed by atoms with Crippen molar-refractivity contribution in [3.8, 4) is 0 Å². The summed E-state index contributed by atoms with van der Waals surface area (Å²) in [4.78, 5) is 26.7. The zero-order valence-electron chi connectivity index (χ0n) is 14.9. The van der Waals surface area contributed by atoms with Crippen LogP contribution in [0.3, 0.4) is 0 Å². The monoisotopic (exact) mass is 396 g/mol. The number of furan rings is 1. The Labute approximate surface area is 164 Å². The van der Waals surface area contributed by atoms with Crippen LogP contribution in [0.25, 0.3) is 11.0 Å². The van der Waals surface area contributed by atoms with Crippen molar-refractivity contribution in [3.05, 3.63) is 70.1 Å². The van der Waals surface area contributed by atoms with Crippen molar-refractivity contribution in [3.63, 3.8) is 0 Å². The van der Waals surface area contributed by atoms with Gasteiger partial charge in [0.1, 0.15) is 23.2 Å². The zero-order chi connectivity index (χ0) is 19.1. The molecule has 8 heteroatoms. The van der Waals surface area contributed by atoms with Crippen LogP contribution in [0, 0.1) is 5.82 Å². The van der Waals surface area contributed by atoms with Gasteiger partial charge in [-0.1, -0.05) is 0 Å². The molecule has 0 aliphatic carbocycles. The molecule has 0 spiro atoms. The van der Waals surface area contributed by atoms with Gasteiger partial charge in [-0.2, -0.15) is 0 Å². The zero-order valence-corrected chi connectivity index (χ0v) is 15.7. The van der Waals surface area contributed by atoms with Crippen LogP contribution in [-0.4, -0.2) is 32.3 Å². The van der Waals surface area contributed by atoms with E-state index < -0.39 is 6.04 Å². The molecule has 1 aliphatic heterocycles. The normalized spacial score (nSPS) is 16.5. The number of benzene rings is 1. The number of carbonyl (C=O) groups is 1. The van der Waals surface area contributed by atoms with E-state index in [1.165, 1.54) is 12.1 Å². The van der Waals surface area contributed by atoms with E-state index in [0.717, 1.165) is 21.8 Å². The molecule has 0 saturated heterocycles. The van der Waals surface area contributed by atoms with E-state index in [1.807, 2.05) is 16.3 Å². The summed E-state index contributed by atoms with van der Waals surface area (Å²) in [5, 5.41) is 3.66. The van der Waals surface area contributed by atoms with Gasteiger partial charge < -0.3 is 14.3 Å². The van der Waals surface area contributed by atoms with Crippen molar-refractivity contribution in [1.29, 1.82) is 0 Å². The number of aromatic amines is 1. The molecule has 1 aromatic carbocycles. The van der Waals surface area contributed by atoms with Crippen LogP contribution in [0.5, 0.6) is 0 Å². The third kappa shape index (κ3) is 2.99. The van der Waals surface area contributed by atoms with Gasteiger partial charge in [-0.05, 0) is 18.2 Å². The minimum absolute atomic E-state index is 0.0282. The largest absolute Gasteiger partial charge is 0.458 e. The molecule has 1 aliphatic rings. The number of aromatic nitrogens is 3. The van der Waals surface area contributed by atoms with E-state index >= 15 is 0 Å². The molecule has 4 aromatic rings. The molecule has 1 amide bonds. The fourth-order valence-electron chi connectivity index (χ4n) is 3.73. The lowest BCUT2D eigenvalue weighted by atomic mass is 9.99. The number of H-pyrrole nitrogens is 1. The first-order valence-corrected chi connectivity index (χ1v) is 9.96. The molecule has 0 saturated carbocycles. The highest BCUT2D eigenvalue weighted by molar-refractivity contribution is 7.09. The van der Waals surface area contributed by atoms with Gasteiger partial charge in [0.05, 0.1) is 17.0 Å². The number of aryl methyl sites for hydroxylation is 1. The number of nitrogens with one attached hydrogen (secondary N) is 1. The Balaban J connectivity index is 1.49. The summed E-state index contributed by atoms with van der Waals surface area (Å²) >= 11 is 1.55. The number of hydrogen-bond donors (Lipinski definition) is 1. The predicted octanol–water partition coefficient (Wildman–Crippen LogP) is 3.86. The lowest BCUT2D eigenvalue weighted by Crippen LogP contribution is -2.40. The van der Waals surface area contributed by atoms with Crippen LogP contribution in [0.2, 0.25) is 0 Å². The molecule has 4 heterocycles. The van der Waals surface area contributed by atoms with E-state index in [1.54, 1.807) is 29.9 Å². The Morgan fingerprint density at radius 3 is 3.14 bits per heavy atom. The molecular weight excluding hydrogens is 379 g/mol. The molecule has 1 atom stereocenters. The maximum absolute atomic E-state index is 13.6. The number of fused-ring (bicyclic) bond motifs is 2. The van der Waals surface area contributed by atoms with Crippen LogP contribution < -0.4 is 0 Å². The maximum Gasteiger partial charge on any atom is 0.223 e. The molecule has 5 rings (SSSR count). The highest BCUT2D eigenvalue weighted by Crippen LogP contribution is 2.36. The Kier molecular flexibility index (Phi) is 4.20. The van der Waals surface area contributed by atoms with Crippen LogP contribution in [0.1, 0.15) is 34.6 Å². The average molecular weight is 396 g/mol. The smallest absolute Gasteiger partial charge is 0.223 e. The van der Waals surface area contributed by atoms with E-state index in [2.05, 4.69) is 15.0 Å². The first-order chi connectivity index (χ1) is 13.7. The highest BCUT2D eigenvalue weighted by atomic mass is 32.1. The number of nitrogens with zero attached hydrogens (tertiary/aromatic N) is 3. The van der Waals surface area contributed by atoms with Crippen molar-refractivity contribution < 1.29 is 13.6 Å². The average Bonchev–Trinajstić information content (AvgIpc) is 3.44. The summed E-state index contributed by atoms with van der Waals surface area (Å²) in [6, 6.07) is 5.89. The lowest BCUT2D eigenvalue weighted by Gasteiger charge is -2.33. The van der Waals surface area contributed by atoms with Gasteiger partial charge in [0.15, 0.2) is 0 Å². The van der Waals surface area contributed by atoms with Crippen LogP contribution in [0.4, 0.5) is 4.39 Å². The van der Waals surface area contributed by atoms with E-state index in [-0.39, 0.29) is 11.7 Å². The number of carbonyl (C=O) groups excluding carboxylic acids is 1. The van der Waals surface area contributed by atoms with Gasteiger partial charge in [0, 0.05) is 54.5 Å². The number of halogens is 1. The number of amides is 1. The molecule has 142 valence electrons. The second-order valence-electron chi connectivity index (χ2n) is 6.76. The van der Waals surface area contributed by atoms with Crippen LogP contribution in [0.15, 0.2) is 46.6 Å². The van der Waals surface area contributed by atoms with Crippen molar-refractivity contribution in [2.45, 2.75) is 25.3 Å². The summed E-state index contributed by atoms with van der Waals surface area (Å²) in [5.41, 5.74) is 2.25. The summed E-state index contributed by atoms with van der Waals surface area (Å²) in [7, 11) is 0. The summed E-state index contributed by atoms with van der Waals surface area (Å²) in [5.74, 6) is 0.269. The van der Waals surface area contributed by atoms with Crippen LogP contribution >= 0.6 is 11.3 Å². The molecule has 0 fully saturated rings. The highest BCUT2D eigenvalue weighted by Gasteiger charge is 2.36. The topological polar surface area (TPSA) is 75.0 Å². The van der Waals surface area contributed by atoms with Gasteiger partial charge in [-0.25, -0.2) is 14.4 Å². The van der Waals surface area contributed by atoms with Gasteiger partial charge in [-0.3, -0.25) is 4.79 Å². The fraction of sp³-hybridized carbons (Fsp3) is 0.250. The maximum atomic E-state index is 13.6. The standard InChI is InChI=1S/C20H17FN4O2S/c21-13-2-1-12-9-16(27-15(12)10-13)20-19-14(23-11-24-19)5-7-25(20)18(26)4-3-17-22-6-8-28-17/h1-2,6,8-11,20H,3-5,7H2,(H,23,24)/t20-/m1/s1. The third-order valence-electron chi connectivity index (χ3n) is 5.05. The Bertz CT molecular complexity index is 1130. The second-order valence-corrected chi connectivity index (χ2v) is 7.74. The van der Waals surface area contributed by atoms with E-state index in [4.69, 9.17) is 4.42 Å². The number of rotatable bonds is 4. The molecule has 0 unspecified atom stereocenters. The molecule has 6 nitrogen and oxygen atoms in total. The van der Waals surface area contributed by atoms with Crippen molar-refractivity contribution in [1.82, 2.24) is 19.9 Å². The van der Waals surface area contributed by atoms with Crippen molar-refractivity contribution in [2.75, 3.05) is 6.54 Å². The summed E-state index contributed by atoms with van der Waals surface area (Å²) in [6.45, 7) is 0.571. The summed E-state index contributed by atoms with van der Waals surface area (Å²) in [6.07, 6.45) is 5.09. The number of imidazole rings is 1. The molecule has 3 aromatic heterocycles. The van der Waals surface area contributed by atoms with Crippen LogP contribution in [-0.2, 0) is 17.6 Å². The first kappa shape index (κ1) is 17.1. The predicted molar refractivity (Wildman–Crippen MR) is 102 cm³/mol. The summed E-state index contributed by atoms with van der Waals surface area (Å²) < 4.78 is 19.5. The number of hydrogen-bond acceptors (Lipinski definition) is 5. The van der Waals surface area contributed by atoms with E-state index in [9.17, 15) is 9.18 Å². The third-order valence-corrected chi connectivity index (χ3v) is 5.89. The SMILES string of the molecule is O=C(CCc1nccs1)N1CCc2[nH]cnc2[C@H]1c1cc2ccc(F)cc2o1. The quantitative estimate of drug-likeness (QED) is 0.568. The Morgan fingerprint density at radius 1 is 1.36 bits per heavy atom. The van der Waals surface area contributed by atoms with Gasteiger partial charge in [-0.15, -0.1) is 11.3 Å². The second kappa shape index (κ2) is 6.87. The van der Waals surface area contributed by atoms with Gasteiger partial charge >= 0.3 is 0 Å². The van der Waals surface area contributed by atoms with Gasteiger partial charge in [0.25, 0.3) is 0 Å². The lowest BCUT2D eigenvalue weighted by molar-refractivity contribution is -0.133. The molecule has 0 radical (unpaired) electrons. The Morgan fingerprint density at radius 2 is 2.29 bits per heavy atom. The van der Waals surface area contributed by atoms with Crippen molar-refractivity contribution >= 4 is 28.2 Å². The van der Waals surface area contributed by atoms with Crippen molar-refractivity contribution in [2.24, 2.45) is 0 Å². The van der Waals surface area contributed by atoms with E-state index in [0.29, 0.717) is 37.2 Å². The van der Waals surface area contributed by atoms with Gasteiger partial charge in [0.2, 0.25) is 5.91 Å². The number of thiazole rings is 1. The molecular formula is C20H17FN4O2S. The molecule has 28 heavy (non-hydrogen) atoms.